The zero-order chi connectivity index (χ0) is 24.9. The molecule has 1 amide bonds. The second kappa shape index (κ2) is 10.4. The Kier molecular flexibility index (Phi) is 7.57. The maximum absolute atomic E-state index is 13.3. The van der Waals surface area contributed by atoms with E-state index >= 15 is 0 Å². The molecule has 34 heavy (non-hydrogen) atoms. The number of ether oxygens (including phenoxy) is 2. The highest BCUT2D eigenvalue weighted by molar-refractivity contribution is 5.95. The molecule has 0 spiro atoms. The van der Waals surface area contributed by atoms with Gasteiger partial charge in [0.25, 0.3) is 5.91 Å². The SMILES string of the molecule is CC(C)(C)OC(=O)C[C@H]1[C@H](Oc2ccc(C#N)cc2)CN(C(=O)c2ccccc2)[C@H]1CC(=O)O. The van der Waals surface area contributed by atoms with Crippen molar-refractivity contribution in [3.8, 4) is 11.8 Å². The lowest BCUT2D eigenvalue weighted by Gasteiger charge is -2.28. The van der Waals surface area contributed by atoms with Crippen LogP contribution in [0.2, 0.25) is 0 Å². The molecule has 1 fully saturated rings. The average molecular weight is 465 g/mol. The lowest BCUT2D eigenvalue weighted by Crippen LogP contribution is -2.40. The molecular formula is C26H28N2O6. The smallest absolute Gasteiger partial charge is 0.306 e. The van der Waals surface area contributed by atoms with Gasteiger partial charge in [0.05, 0.1) is 31.0 Å². The molecule has 1 aliphatic rings. The first-order valence-electron chi connectivity index (χ1n) is 11.0. The minimum Gasteiger partial charge on any atom is -0.488 e. The fourth-order valence-corrected chi connectivity index (χ4v) is 4.11. The molecule has 1 aliphatic heterocycles. The van der Waals surface area contributed by atoms with E-state index in [2.05, 4.69) is 0 Å². The number of rotatable bonds is 7. The van der Waals surface area contributed by atoms with Gasteiger partial charge in [0, 0.05) is 17.5 Å². The van der Waals surface area contributed by atoms with Crippen LogP contribution in [0, 0.1) is 17.2 Å². The van der Waals surface area contributed by atoms with Crippen LogP contribution in [0.3, 0.4) is 0 Å². The van der Waals surface area contributed by atoms with Crippen molar-refractivity contribution < 1.29 is 29.0 Å². The molecule has 0 saturated carbocycles. The van der Waals surface area contributed by atoms with Gasteiger partial charge in [-0.15, -0.1) is 0 Å². The van der Waals surface area contributed by atoms with E-state index in [1.165, 1.54) is 4.90 Å². The topological polar surface area (TPSA) is 117 Å². The fourth-order valence-electron chi connectivity index (χ4n) is 4.11. The Bertz CT molecular complexity index is 1070. The Balaban J connectivity index is 1.93. The van der Waals surface area contributed by atoms with E-state index in [0.717, 1.165) is 0 Å². The van der Waals surface area contributed by atoms with Crippen LogP contribution >= 0.6 is 0 Å². The Morgan fingerprint density at radius 1 is 1.06 bits per heavy atom. The van der Waals surface area contributed by atoms with E-state index in [1.807, 2.05) is 6.07 Å². The van der Waals surface area contributed by atoms with Crippen LogP contribution in [-0.2, 0) is 14.3 Å². The Labute approximate surface area is 198 Å². The third-order valence-corrected chi connectivity index (χ3v) is 5.51. The number of carbonyl (C=O) groups excluding carboxylic acids is 2. The van der Waals surface area contributed by atoms with Crippen molar-refractivity contribution in [1.29, 1.82) is 5.26 Å². The van der Waals surface area contributed by atoms with Crippen molar-refractivity contribution in [3.05, 3.63) is 65.7 Å². The Morgan fingerprint density at radius 2 is 1.71 bits per heavy atom. The van der Waals surface area contributed by atoms with Crippen LogP contribution in [0.1, 0.15) is 49.5 Å². The number of carboxylic acid groups (broad SMARTS) is 1. The summed E-state index contributed by atoms with van der Waals surface area (Å²) in [6.07, 6.45) is -1.08. The van der Waals surface area contributed by atoms with Crippen molar-refractivity contribution in [3.63, 3.8) is 0 Å². The second-order valence-electron chi connectivity index (χ2n) is 9.24. The van der Waals surface area contributed by atoms with Crippen molar-refractivity contribution in [1.82, 2.24) is 4.90 Å². The highest BCUT2D eigenvalue weighted by Gasteiger charge is 2.47. The van der Waals surface area contributed by atoms with Gasteiger partial charge in [-0.25, -0.2) is 0 Å². The van der Waals surface area contributed by atoms with Gasteiger partial charge in [-0.05, 0) is 57.2 Å². The van der Waals surface area contributed by atoms with Gasteiger partial charge >= 0.3 is 11.9 Å². The zero-order valence-corrected chi connectivity index (χ0v) is 19.4. The molecule has 8 heteroatoms. The normalized spacial score (nSPS) is 19.8. The third kappa shape index (κ3) is 6.35. The standard InChI is InChI=1S/C26H28N2O6/c1-26(2,3)34-24(31)13-20-21(14-23(29)30)28(25(32)18-7-5-4-6-8-18)16-22(20)33-19-11-9-17(15-27)10-12-19/h4-12,20-22H,13-14,16H2,1-3H3,(H,29,30)/t20-,21+,22-/m1/s1. The van der Waals surface area contributed by atoms with Gasteiger partial charge in [0.15, 0.2) is 0 Å². The summed E-state index contributed by atoms with van der Waals surface area (Å²) >= 11 is 0. The number of nitrogens with zero attached hydrogens (tertiary/aromatic N) is 2. The summed E-state index contributed by atoms with van der Waals surface area (Å²) < 4.78 is 11.6. The van der Waals surface area contributed by atoms with Crippen molar-refractivity contribution >= 4 is 17.8 Å². The molecule has 2 aromatic rings. The van der Waals surface area contributed by atoms with Crippen molar-refractivity contribution in [2.24, 2.45) is 5.92 Å². The molecule has 3 atom stereocenters. The summed E-state index contributed by atoms with van der Waals surface area (Å²) in [4.78, 5) is 39.2. The molecule has 0 bridgehead atoms. The molecule has 2 aromatic carbocycles. The van der Waals surface area contributed by atoms with E-state index in [9.17, 15) is 19.5 Å². The maximum Gasteiger partial charge on any atom is 0.306 e. The fraction of sp³-hybridized carbons (Fsp3) is 0.385. The largest absolute Gasteiger partial charge is 0.488 e. The minimum atomic E-state index is -1.08. The summed E-state index contributed by atoms with van der Waals surface area (Å²) in [5, 5.41) is 18.6. The zero-order valence-electron chi connectivity index (χ0n) is 19.4. The van der Waals surface area contributed by atoms with Gasteiger partial charge in [-0.2, -0.15) is 5.26 Å². The van der Waals surface area contributed by atoms with E-state index < -0.39 is 35.6 Å². The number of hydrogen-bond donors (Lipinski definition) is 1. The van der Waals surface area contributed by atoms with Gasteiger partial charge < -0.3 is 19.5 Å². The molecule has 8 nitrogen and oxygen atoms in total. The highest BCUT2D eigenvalue weighted by atomic mass is 16.6. The number of esters is 1. The number of carbonyl (C=O) groups is 3. The molecule has 0 aliphatic carbocycles. The van der Waals surface area contributed by atoms with Crippen LogP contribution in [0.4, 0.5) is 0 Å². The molecule has 1 heterocycles. The predicted molar refractivity (Wildman–Crippen MR) is 123 cm³/mol. The first kappa shape index (κ1) is 24.8. The maximum atomic E-state index is 13.3. The van der Waals surface area contributed by atoms with Gasteiger partial charge in [-0.1, -0.05) is 18.2 Å². The molecule has 0 aromatic heterocycles. The summed E-state index contributed by atoms with van der Waals surface area (Å²) in [5.74, 6) is -2.04. The third-order valence-electron chi connectivity index (χ3n) is 5.51. The van der Waals surface area contributed by atoms with Crippen LogP contribution in [0.5, 0.6) is 5.75 Å². The monoisotopic (exact) mass is 464 g/mol. The van der Waals surface area contributed by atoms with E-state index in [4.69, 9.17) is 14.7 Å². The van der Waals surface area contributed by atoms with Gasteiger partial charge in [-0.3, -0.25) is 14.4 Å². The van der Waals surface area contributed by atoms with Crippen LogP contribution in [0.15, 0.2) is 54.6 Å². The van der Waals surface area contributed by atoms with E-state index in [-0.39, 0.29) is 25.3 Å². The molecule has 0 unspecified atom stereocenters. The number of nitriles is 1. The molecule has 178 valence electrons. The van der Waals surface area contributed by atoms with Crippen molar-refractivity contribution in [2.75, 3.05) is 6.54 Å². The van der Waals surface area contributed by atoms with E-state index in [1.54, 1.807) is 75.4 Å². The van der Waals surface area contributed by atoms with Gasteiger partial charge in [0.1, 0.15) is 17.5 Å². The number of hydrogen-bond acceptors (Lipinski definition) is 6. The number of benzene rings is 2. The summed E-state index contributed by atoms with van der Waals surface area (Å²) in [6, 6.07) is 16.3. The average Bonchev–Trinajstić information content (AvgIpc) is 3.09. The number of aliphatic carboxylic acids is 1. The Morgan fingerprint density at radius 3 is 2.26 bits per heavy atom. The second-order valence-corrected chi connectivity index (χ2v) is 9.24. The molecule has 1 saturated heterocycles. The minimum absolute atomic E-state index is 0.102. The summed E-state index contributed by atoms with van der Waals surface area (Å²) in [7, 11) is 0. The number of amides is 1. The van der Waals surface area contributed by atoms with Crippen molar-refractivity contribution in [2.45, 2.75) is 51.4 Å². The lowest BCUT2D eigenvalue weighted by molar-refractivity contribution is -0.157. The summed E-state index contributed by atoms with van der Waals surface area (Å²) in [5.41, 5.74) is 0.183. The quantitative estimate of drug-likeness (QED) is 0.622. The van der Waals surface area contributed by atoms with Crippen LogP contribution in [0.25, 0.3) is 0 Å². The Hall–Kier alpha value is -3.86. The van der Waals surface area contributed by atoms with E-state index in [0.29, 0.717) is 16.9 Å². The van der Waals surface area contributed by atoms with Crippen LogP contribution in [-0.4, -0.2) is 52.1 Å². The lowest BCUT2D eigenvalue weighted by atomic mass is 9.91. The molecule has 3 rings (SSSR count). The highest BCUT2D eigenvalue weighted by Crippen LogP contribution is 2.35. The predicted octanol–water partition coefficient (Wildman–Crippen LogP) is 3.65. The summed E-state index contributed by atoms with van der Waals surface area (Å²) in [6.45, 7) is 5.37. The van der Waals surface area contributed by atoms with Gasteiger partial charge in [0.2, 0.25) is 0 Å². The molecular weight excluding hydrogens is 436 g/mol. The first-order chi connectivity index (χ1) is 16.1. The molecule has 0 radical (unpaired) electrons. The number of carboxylic acids is 1. The number of likely N-dealkylation sites (tertiary alicyclic amines) is 1. The first-order valence-corrected chi connectivity index (χ1v) is 11.0. The molecule has 1 N–H and O–H groups in total. The van der Waals surface area contributed by atoms with Crippen LogP contribution < -0.4 is 4.74 Å².